The van der Waals surface area contributed by atoms with Gasteiger partial charge in [0.1, 0.15) is 12.2 Å². The maximum atomic E-state index is 14.4. The van der Waals surface area contributed by atoms with E-state index < -0.39 is 41.0 Å². The van der Waals surface area contributed by atoms with E-state index in [4.69, 9.17) is 4.74 Å². The number of fused-ring (bicyclic) bond motifs is 7. The van der Waals surface area contributed by atoms with Crippen LogP contribution in [-0.4, -0.2) is 40.3 Å². The average Bonchev–Trinajstić information content (AvgIpc) is 2.79. The smallest absolute Gasteiger partial charge is 0.303 e. The van der Waals surface area contributed by atoms with Gasteiger partial charge >= 0.3 is 5.97 Å². The highest BCUT2D eigenvalue weighted by molar-refractivity contribution is 5.95. The molecule has 0 radical (unpaired) electrons. The number of rotatable bonds is 1. The van der Waals surface area contributed by atoms with Crippen molar-refractivity contribution in [1.82, 2.24) is 0 Å². The van der Waals surface area contributed by atoms with Crippen LogP contribution in [0.25, 0.3) is 0 Å². The van der Waals surface area contributed by atoms with E-state index >= 15 is 0 Å². The summed E-state index contributed by atoms with van der Waals surface area (Å²) in [5.74, 6) is 0.808. The van der Waals surface area contributed by atoms with E-state index in [1.54, 1.807) is 0 Å². The quantitative estimate of drug-likeness (QED) is 0.438. The van der Waals surface area contributed by atoms with Crippen molar-refractivity contribution in [3.63, 3.8) is 0 Å². The predicted octanol–water partition coefficient (Wildman–Crippen LogP) is 5.72. The predicted molar refractivity (Wildman–Crippen MR) is 143 cm³/mol. The maximum Gasteiger partial charge on any atom is 0.303 e. The number of aliphatic hydroxyl groups excluding tert-OH is 2. The van der Waals surface area contributed by atoms with E-state index in [0.717, 1.165) is 19.3 Å². The molecule has 1 unspecified atom stereocenters. The summed E-state index contributed by atoms with van der Waals surface area (Å²) in [7, 11) is 0. The van der Waals surface area contributed by atoms with Gasteiger partial charge in [-0.2, -0.15) is 0 Å². The number of ketones is 1. The van der Waals surface area contributed by atoms with Crippen molar-refractivity contribution < 1.29 is 24.5 Å². The molecule has 4 fully saturated rings. The molecule has 0 aromatic heterocycles. The average molecular weight is 515 g/mol. The lowest BCUT2D eigenvalue weighted by Crippen LogP contribution is -2.73. The lowest BCUT2D eigenvalue weighted by Gasteiger charge is -2.71. The van der Waals surface area contributed by atoms with Crippen molar-refractivity contribution >= 4 is 11.8 Å². The normalized spacial score (nSPS) is 54.7. The van der Waals surface area contributed by atoms with Crippen molar-refractivity contribution in [2.45, 2.75) is 119 Å². The van der Waals surface area contributed by atoms with Gasteiger partial charge in [0.25, 0.3) is 0 Å². The maximum absolute atomic E-state index is 14.4. The number of carbonyl (C=O) groups is 2. The van der Waals surface area contributed by atoms with E-state index in [9.17, 15) is 19.8 Å². The van der Waals surface area contributed by atoms with Gasteiger partial charge in [-0.15, -0.1) is 0 Å². The topological polar surface area (TPSA) is 83.8 Å². The molecular weight excluding hydrogens is 464 g/mol. The fourth-order valence-corrected chi connectivity index (χ4v) is 11.1. The number of allylic oxidation sites excluding steroid dienone is 2. The molecule has 0 spiro atoms. The Morgan fingerprint density at radius 2 is 1.62 bits per heavy atom. The summed E-state index contributed by atoms with van der Waals surface area (Å²) in [5, 5.41) is 23.2. The van der Waals surface area contributed by atoms with Gasteiger partial charge in [-0.1, -0.05) is 61.0 Å². The molecule has 0 aromatic rings. The number of carbonyl (C=O) groups excluding carboxylic acids is 2. The molecule has 0 heterocycles. The van der Waals surface area contributed by atoms with Crippen LogP contribution in [0.3, 0.4) is 0 Å². The molecule has 5 aliphatic rings. The number of aliphatic hydroxyl groups is 2. The Bertz CT molecular complexity index is 1030. The first kappa shape index (κ1) is 27.4. The molecule has 12 atom stereocenters. The molecule has 208 valence electrons. The molecule has 0 aromatic carbocycles. The van der Waals surface area contributed by atoms with Gasteiger partial charge in [0.05, 0.1) is 6.10 Å². The summed E-state index contributed by atoms with van der Waals surface area (Å²) in [6.45, 7) is 19.4. The first-order valence-corrected chi connectivity index (χ1v) is 14.8. The number of ether oxygens (including phenoxy) is 1. The summed E-state index contributed by atoms with van der Waals surface area (Å²) in [5.41, 5.74) is -0.232. The Morgan fingerprint density at radius 3 is 2.24 bits per heavy atom. The van der Waals surface area contributed by atoms with Crippen LogP contribution in [0.15, 0.2) is 11.6 Å². The summed E-state index contributed by atoms with van der Waals surface area (Å²) in [6, 6.07) is 0. The van der Waals surface area contributed by atoms with E-state index in [1.165, 1.54) is 31.8 Å². The first-order chi connectivity index (χ1) is 17.0. The zero-order chi connectivity index (χ0) is 27.5. The molecule has 0 amide bonds. The van der Waals surface area contributed by atoms with Crippen LogP contribution in [0.4, 0.5) is 0 Å². The minimum Gasteiger partial charge on any atom is -0.459 e. The first-order valence-electron chi connectivity index (χ1n) is 14.8. The van der Waals surface area contributed by atoms with Gasteiger partial charge in [-0.3, -0.25) is 9.59 Å². The van der Waals surface area contributed by atoms with Crippen LogP contribution in [0, 0.1) is 56.7 Å². The molecule has 0 saturated heterocycles. The molecule has 5 nitrogen and oxygen atoms in total. The third-order valence-corrected chi connectivity index (χ3v) is 13.5. The SMILES string of the molecule is CC(=O)O[C@H]1[C@H](O)[C@@H](O)[C@@]2(C)C(CC[C@]3(C)[C@@H]2C(=O)C=C2[C@@H]4[C@@H](C)[C@H](C)CC[C@]4(C)CC[C@]23C)C1(C)C. The monoisotopic (exact) mass is 514 g/mol. The molecule has 0 bridgehead atoms. The summed E-state index contributed by atoms with van der Waals surface area (Å²) in [6.07, 6.45) is 5.27. The van der Waals surface area contributed by atoms with Crippen molar-refractivity contribution in [3.05, 3.63) is 11.6 Å². The van der Waals surface area contributed by atoms with E-state index in [2.05, 4.69) is 34.6 Å². The Labute approximate surface area is 223 Å². The number of esters is 1. The van der Waals surface area contributed by atoms with Crippen LogP contribution >= 0.6 is 0 Å². The molecule has 0 aliphatic heterocycles. The van der Waals surface area contributed by atoms with Gasteiger partial charge in [0.2, 0.25) is 0 Å². The van der Waals surface area contributed by atoms with Crippen molar-refractivity contribution in [2.24, 2.45) is 56.7 Å². The van der Waals surface area contributed by atoms with Crippen LogP contribution in [0.5, 0.6) is 0 Å². The third kappa shape index (κ3) is 3.28. The second-order valence-corrected chi connectivity index (χ2v) is 15.4. The Kier molecular flexibility index (Phi) is 6.04. The molecule has 37 heavy (non-hydrogen) atoms. The highest BCUT2D eigenvalue weighted by Gasteiger charge is 2.73. The third-order valence-electron chi connectivity index (χ3n) is 13.5. The van der Waals surface area contributed by atoms with Gasteiger partial charge in [-0.05, 0) is 84.5 Å². The Hall–Kier alpha value is -1.20. The minimum atomic E-state index is -1.23. The summed E-state index contributed by atoms with van der Waals surface area (Å²) in [4.78, 5) is 26.4. The minimum absolute atomic E-state index is 0.0641. The zero-order valence-corrected chi connectivity index (χ0v) is 24.6. The van der Waals surface area contributed by atoms with E-state index in [0.29, 0.717) is 17.8 Å². The molecule has 5 aliphatic carbocycles. The molecule has 2 N–H and O–H groups in total. The van der Waals surface area contributed by atoms with Crippen molar-refractivity contribution in [1.29, 1.82) is 0 Å². The largest absolute Gasteiger partial charge is 0.459 e. The van der Waals surface area contributed by atoms with Crippen LogP contribution in [0.1, 0.15) is 101 Å². The second kappa shape index (κ2) is 8.16. The lowest BCUT2D eigenvalue weighted by molar-refractivity contribution is -0.276. The van der Waals surface area contributed by atoms with Gasteiger partial charge in [0.15, 0.2) is 5.78 Å². The summed E-state index contributed by atoms with van der Waals surface area (Å²) >= 11 is 0. The van der Waals surface area contributed by atoms with E-state index in [-0.39, 0.29) is 27.9 Å². The Morgan fingerprint density at radius 1 is 0.973 bits per heavy atom. The van der Waals surface area contributed by atoms with Crippen LogP contribution < -0.4 is 0 Å². The second-order valence-electron chi connectivity index (χ2n) is 15.4. The van der Waals surface area contributed by atoms with Gasteiger partial charge in [0, 0.05) is 23.7 Å². The highest BCUT2D eigenvalue weighted by atomic mass is 16.6. The number of hydrogen-bond acceptors (Lipinski definition) is 5. The van der Waals surface area contributed by atoms with E-state index in [1.807, 2.05) is 26.8 Å². The zero-order valence-electron chi connectivity index (χ0n) is 24.6. The fraction of sp³-hybridized carbons (Fsp3) is 0.875. The molecule has 5 rings (SSSR count). The molecule has 5 heteroatoms. The lowest BCUT2D eigenvalue weighted by atomic mass is 9.32. The fourth-order valence-electron chi connectivity index (χ4n) is 11.1. The Balaban J connectivity index is 1.65. The van der Waals surface area contributed by atoms with Crippen LogP contribution in [-0.2, 0) is 14.3 Å². The van der Waals surface area contributed by atoms with Gasteiger partial charge in [-0.25, -0.2) is 0 Å². The standard InChI is InChI=1S/C32H50O5/c1-17-10-12-29(6)14-15-30(7)20(23(29)18(17)2)16-21(34)25-31(30,8)13-11-22-28(4,5)27(37-19(3)33)24(35)26(36)32(22,25)9/h16-18,22-27,35-36H,10-15H2,1-9H3/t17-,18+,22?,23+,24-,25+,26-,27+,29-,30-,31-,32+/m1/s1. The summed E-state index contributed by atoms with van der Waals surface area (Å²) < 4.78 is 5.62. The van der Waals surface area contributed by atoms with Crippen LogP contribution in [0.2, 0.25) is 0 Å². The van der Waals surface area contributed by atoms with Crippen molar-refractivity contribution in [2.75, 3.05) is 0 Å². The highest BCUT2D eigenvalue weighted by Crippen LogP contribution is 2.75. The number of hydrogen-bond donors (Lipinski definition) is 2. The van der Waals surface area contributed by atoms with Gasteiger partial charge < -0.3 is 14.9 Å². The molecular formula is C32H50O5. The molecule has 4 saturated carbocycles. The van der Waals surface area contributed by atoms with Crippen molar-refractivity contribution in [3.8, 4) is 0 Å².